The molecule has 1 nitrogen and oxygen atoms in total. The van der Waals surface area contributed by atoms with Crippen LogP contribution in [0.5, 0.6) is 0 Å². The van der Waals surface area contributed by atoms with Gasteiger partial charge in [0.1, 0.15) is 5.76 Å². The van der Waals surface area contributed by atoms with Gasteiger partial charge in [-0.05, 0) is 39.0 Å². The summed E-state index contributed by atoms with van der Waals surface area (Å²) in [5.74, 6) is 0.751. The van der Waals surface area contributed by atoms with Gasteiger partial charge in [-0.15, -0.1) is 0 Å². The molecule has 0 N–H and O–H groups in total. The standard InChI is InChI=1S/C11H14O.C7H7Br/c1-4-12-10(3)11-7-5-6-9(2)8-11;1-6-3-2-4-7(8)5-6/h5-8H,3-4H2,1-2H3;2-5H,1H3. The van der Waals surface area contributed by atoms with Crippen molar-refractivity contribution in [2.24, 2.45) is 0 Å². The molecule has 0 atom stereocenters. The van der Waals surface area contributed by atoms with Gasteiger partial charge in [0, 0.05) is 10.0 Å². The van der Waals surface area contributed by atoms with E-state index >= 15 is 0 Å². The van der Waals surface area contributed by atoms with Crippen LogP contribution in [0.3, 0.4) is 0 Å². The number of hydrogen-bond donors (Lipinski definition) is 0. The zero-order valence-electron chi connectivity index (χ0n) is 12.3. The summed E-state index contributed by atoms with van der Waals surface area (Å²) in [6.45, 7) is 10.6. The first kappa shape index (κ1) is 16.5. The Morgan fingerprint density at radius 1 is 1.05 bits per heavy atom. The van der Waals surface area contributed by atoms with E-state index in [1.54, 1.807) is 0 Å². The predicted molar refractivity (Wildman–Crippen MR) is 90.7 cm³/mol. The Balaban J connectivity index is 0.000000217. The molecule has 0 radical (unpaired) electrons. The predicted octanol–water partition coefficient (Wildman–Crippen LogP) is 5.76. The summed E-state index contributed by atoms with van der Waals surface area (Å²) in [6, 6.07) is 16.3. The highest BCUT2D eigenvalue weighted by Crippen LogP contribution is 2.14. The average Bonchev–Trinajstić information content (AvgIpc) is 2.39. The molecule has 2 aromatic rings. The smallest absolute Gasteiger partial charge is 0.119 e. The van der Waals surface area contributed by atoms with Gasteiger partial charge in [-0.2, -0.15) is 0 Å². The van der Waals surface area contributed by atoms with Crippen molar-refractivity contribution < 1.29 is 4.74 Å². The van der Waals surface area contributed by atoms with Crippen molar-refractivity contribution in [3.8, 4) is 0 Å². The molecule has 106 valence electrons. The third-order valence-electron chi connectivity index (χ3n) is 2.64. The van der Waals surface area contributed by atoms with Gasteiger partial charge in [-0.25, -0.2) is 0 Å². The van der Waals surface area contributed by atoms with Gasteiger partial charge in [-0.1, -0.05) is 64.0 Å². The number of benzene rings is 2. The highest BCUT2D eigenvalue weighted by atomic mass is 79.9. The second kappa shape index (κ2) is 8.60. The SMILES string of the molecule is C=C(OCC)c1cccc(C)c1.Cc1cccc(Br)c1. The van der Waals surface area contributed by atoms with Crippen LogP contribution >= 0.6 is 15.9 Å². The third kappa shape index (κ3) is 6.07. The summed E-state index contributed by atoms with van der Waals surface area (Å²) in [5.41, 5.74) is 3.59. The van der Waals surface area contributed by atoms with Crippen LogP contribution < -0.4 is 0 Å². The van der Waals surface area contributed by atoms with Crippen LogP contribution in [0, 0.1) is 13.8 Å². The molecule has 2 rings (SSSR count). The van der Waals surface area contributed by atoms with Gasteiger partial charge in [0.05, 0.1) is 6.61 Å². The van der Waals surface area contributed by atoms with Crippen molar-refractivity contribution in [1.82, 2.24) is 0 Å². The quantitative estimate of drug-likeness (QED) is 0.649. The molecule has 2 heteroatoms. The molecule has 0 aliphatic rings. The highest BCUT2D eigenvalue weighted by molar-refractivity contribution is 9.10. The van der Waals surface area contributed by atoms with Crippen molar-refractivity contribution in [2.75, 3.05) is 6.61 Å². The second-order valence-electron chi connectivity index (χ2n) is 4.52. The second-order valence-corrected chi connectivity index (χ2v) is 5.44. The van der Waals surface area contributed by atoms with Crippen molar-refractivity contribution in [1.29, 1.82) is 0 Å². The van der Waals surface area contributed by atoms with E-state index in [0.29, 0.717) is 6.61 Å². The fraction of sp³-hybridized carbons (Fsp3) is 0.222. The molecule has 0 fully saturated rings. The maximum atomic E-state index is 5.29. The minimum Gasteiger partial charge on any atom is -0.494 e. The first-order chi connectivity index (χ1) is 9.52. The maximum absolute atomic E-state index is 5.29. The Bertz CT molecular complexity index is 544. The van der Waals surface area contributed by atoms with Gasteiger partial charge < -0.3 is 4.74 Å². The maximum Gasteiger partial charge on any atom is 0.119 e. The highest BCUT2D eigenvalue weighted by Gasteiger charge is 1.97. The third-order valence-corrected chi connectivity index (χ3v) is 3.13. The monoisotopic (exact) mass is 332 g/mol. The molecule has 0 saturated carbocycles. The van der Waals surface area contributed by atoms with Gasteiger partial charge in [0.15, 0.2) is 0 Å². The zero-order chi connectivity index (χ0) is 15.0. The molecular formula is C18H21BrO. The van der Waals surface area contributed by atoms with E-state index in [4.69, 9.17) is 4.74 Å². The molecular weight excluding hydrogens is 312 g/mol. The molecule has 20 heavy (non-hydrogen) atoms. The number of aryl methyl sites for hydroxylation is 2. The fourth-order valence-corrected chi connectivity index (χ4v) is 2.20. The van der Waals surface area contributed by atoms with Gasteiger partial charge in [0.25, 0.3) is 0 Å². The van der Waals surface area contributed by atoms with Crippen molar-refractivity contribution >= 4 is 21.7 Å². The van der Waals surface area contributed by atoms with Crippen molar-refractivity contribution in [2.45, 2.75) is 20.8 Å². The summed E-state index contributed by atoms with van der Waals surface area (Å²) >= 11 is 3.36. The van der Waals surface area contributed by atoms with Gasteiger partial charge in [-0.3, -0.25) is 0 Å². The van der Waals surface area contributed by atoms with E-state index in [9.17, 15) is 0 Å². The van der Waals surface area contributed by atoms with E-state index in [-0.39, 0.29) is 0 Å². The van der Waals surface area contributed by atoms with Crippen LogP contribution in [0.2, 0.25) is 0 Å². The number of ether oxygens (including phenoxy) is 1. The Morgan fingerprint density at radius 3 is 2.10 bits per heavy atom. The van der Waals surface area contributed by atoms with Crippen molar-refractivity contribution in [3.05, 3.63) is 76.3 Å². The van der Waals surface area contributed by atoms with E-state index in [1.165, 1.54) is 11.1 Å². The van der Waals surface area contributed by atoms with E-state index in [1.807, 2.05) is 31.2 Å². The summed E-state index contributed by atoms with van der Waals surface area (Å²) in [5, 5.41) is 0. The molecule has 0 saturated heterocycles. The molecule has 0 aliphatic carbocycles. The number of rotatable bonds is 3. The first-order valence-corrected chi connectivity index (χ1v) is 7.43. The largest absolute Gasteiger partial charge is 0.494 e. The average molecular weight is 333 g/mol. The lowest BCUT2D eigenvalue weighted by Crippen LogP contribution is -1.89. The topological polar surface area (TPSA) is 9.23 Å². The first-order valence-electron chi connectivity index (χ1n) is 6.64. The van der Waals surface area contributed by atoms with Crippen LogP contribution in [-0.2, 0) is 4.74 Å². The number of halogens is 1. The fourth-order valence-electron chi connectivity index (χ4n) is 1.68. The molecule has 0 heterocycles. The molecule has 0 bridgehead atoms. The Morgan fingerprint density at radius 2 is 1.65 bits per heavy atom. The van der Waals surface area contributed by atoms with Gasteiger partial charge in [0.2, 0.25) is 0 Å². The summed E-state index contributed by atoms with van der Waals surface area (Å²) < 4.78 is 6.44. The lowest BCUT2D eigenvalue weighted by Gasteiger charge is -2.06. The zero-order valence-corrected chi connectivity index (χ0v) is 13.9. The lowest BCUT2D eigenvalue weighted by atomic mass is 10.1. The van der Waals surface area contributed by atoms with Crippen molar-refractivity contribution in [3.63, 3.8) is 0 Å². The summed E-state index contributed by atoms with van der Waals surface area (Å²) in [7, 11) is 0. The molecule has 0 unspecified atom stereocenters. The van der Waals surface area contributed by atoms with E-state index in [2.05, 4.69) is 60.6 Å². The lowest BCUT2D eigenvalue weighted by molar-refractivity contribution is 0.299. The van der Waals surface area contributed by atoms with Crippen LogP contribution in [-0.4, -0.2) is 6.61 Å². The summed E-state index contributed by atoms with van der Waals surface area (Å²) in [6.07, 6.45) is 0. The minimum atomic E-state index is 0.673. The Hall–Kier alpha value is -1.54. The van der Waals surface area contributed by atoms with Crippen LogP contribution in [0.1, 0.15) is 23.6 Å². The minimum absolute atomic E-state index is 0.673. The molecule has 0 aromatic heterocycles. The van der Waals surface area contributed by atoms with Gasteiger partial charge >= 0.3 is 0 Å². The van der Waals surface area contributed by atoms with Crippen LogP contribution in [0.15, 0.2) is 59.6 Å². The molecule has 0 amide bonds. The molecule has 0 aliphatic heterocycles. The van der Waals surface area contributed by atoms with Crippen LogP contribution in [0.4, 0.5) is 0 Å². The normalized spacial score (nSPS) is 9.40. The Kier molecular flexibility index (Phi) is 7.10. The van der Waals surface area contributed by atoms with E-state index in [0.717, 1.165) is 15.8 Å². The Labute approximate surface area is 130 Å². The summed E-state index contributed by atoms with van der Waals surface area (Å²) in [4.78, 5) is 0. The van der Waals surface area contributed by atoms with Crippen LogP contribution in [0.25, 0.3) is 5.76 Å². The molecule has 2 aromatic carbocycles. The van der Waals surface area contributed by atoms with E-state index < -0.39 is 0 Å². The molecule has 0 spiro atoms. The number of hydrogen-bond acceptors (Lipinski definition) is 1.